The SMILES string of the molecule is O=C(CCc1ccsc1)N1CCC(CO)CC1. The van der Waals surface area contributed by atoms with E-state index in [1.54, 1.807) is 11.3 Å². The molecule has 0 spiro atoms. The van der Waals surface area contributed by atoms with E-state index in [-0.39, 0.29) is 12.5 Å². The number of carbonyl (C=O) groups excluding carboxylic acids is 1. The lowest BCUT2D eigenvalue weighted by Crippen LogP contribution is -2.39. The van der Waals surface area contributed by atoms with E-state index in [1.807, 2.05) is 10.3 Å². The number of aryl methyl sites for hydroxylation is 1. The van der Waals surface area contributed by atoms with Gasteiger partial charge in [0.15, 0.2) is 0 Å². The summed E-state index contributed by atoms with van der Waals surface area (Å²) in [5.41, 5.74) is 1.26. The van der Waals surface area contributed by atoms with Gasteiger partial charge in [0.25, 0.3) is 0 Å². The summed E-state index contributed by atoms with van der Waals surface area (Å²) in [4.78, 5) is 13.9. The molecule has 2 heterocycles. The average molecular weight is 253 g/mol. The molecule has 0 atom stereocenters. The normalized spacial score (nSPS) is 17.4. The molecule has 1 fully saturated rings. The number of piperidine rings is 1. The quantitative estimate of drug-likeness (QED) is 0.890. The molecule has 1 N–H and O–H groups in total. The van der Waals surface area contributed by atoms with Crippen LogP contribution in [-0.4, -0.2) is 35.6 Å². The van der Waals surface area contributed by atoms with Crippen LogP contribution in [0.1, 0.15) is 24.8 Å². The van der Waals surface area contributed by atoms with Gasteiger partial charge in [-0.15, -0.1) is 0 Å². The number of likely N-dealkylation sites (tertiary alicyclic amines) is 1. The fraction of sp³-hybridized carbons (Fsp3) is 0.615. The van der Waals surface area contributed by atoms with Crippen LogP contribution in [0, 0.1) is 5.92 Å². The largest absolute Gasteiger partial charge is 0.396 e. The van der Waals surface area contributed by atoms with Crippen LogP contribution >= 0.6 is 11.3 Å². The summed E-state index contributed by atoms with van der Waals surface area (Å²) in [7, 11) is 0. The number of rotatable bonds is 4. The number of thiophene rings is 1. The minimum Gasteiger partial charge on any atom is -0.396 e. The number of nitrogens with zero attached hydrogens (tertiary/aromatic N) is 1. The third-order valence-electron chi connectivity index (χ3n) is 3.43. The summed E-state index contributed by atoms with van der Waals surface area (Å²) in [6.45, 7) is 1.89. The van der Waals surface area contributed by atoms with Gasteiger partial charge in [-0.1, -0.05) is 0 Å². The molecule has 0 radical (unpaired) electrons. The van der Waals surface area contributed by atoms with Gasteiger partial charge >= 0.3 is 0 Å². The molecule has 1 aromatic heterocycles. The first-order valence-electron chi connectivity index (χ1n) is 6.19. The third-order valence-corrected chi connectivity index (χ3v) is 4.17. The van der Waals surface area contributed by atoms with Crippen LogP contribution in [0.5, 0.6) is 0 Å². The second-order valence-corrected chi connectivity index (χ2v) is 5.42. The third kappa shape index (κ3) is 3.54. The summed E-state index contributed by atoms with van der Waals surface area (Å²) in [5.74, 6) is 0.656. The van der Waals surface area contributed by atoms with Crippen LogP contribution in [-0.2, 0) is 11.2 Å². The Bertz CT molecular complexity index is 342. The Morgan fingerprint density at radius 2 is 2.24 bits per heavy atom. The van der Waals surface area contributed by atoms with Crippen molar-refractivity contribution < 1.29 is 9.90 Å². The highest BCUT2D eigenvalue weighted by Gasteiger charge is 2.21. The molecule has 0 bridgehead atoms. The highest BCUT2D eigenvalue weighted by atomic mass is 32.1. The number of aliphatic hydroxyl groups is 1. The summed E-state index contributed by atoms with van der Waals surface area (Å²) < 4.78 is 0. The van der Waals surface area contributed by atoms with Crippen molar-refractivity contribution in [2.24, 2.45) is 5.92 Å². The molecule has 0 unspecified atom stereocenters. The van der Waals surface area contributed by atoms with Crippen LogP contribution in [0.4, 0.5) is 0 Å². The monoisotopic (exact) mass is 253 g/mol. The lowest BCUT2D eigenvalue weighted by atomic mass is 9.97. The van der Waals surface area contributed by atoms with E-state index >= 15 is 0 Å². The first kappa shape index (κ1) is 12.6. The van der Waals surface area contributed by atoms with E-state index in [0.29, 0.717) is 12.3 Å². The van der Waals surface area contributed by atoms with E-state index in [1.165, 1.54) is 5.56 Å². The zero-order valence-electron chi connectivity index (χ0n) is 9.97. The fourth-order valence-corrected chi connectivity index (χ4v) is 2.91. The molecule has 3 nitrogen and oxygen atoms in total. The van der Waals surface area contributed by atoms with E-state index in [9.17, 15) is 4.79 Å². The lowest BCUT2D eigenvalue weighted by Gasteiger charge is -2.31. The van der Waals surface area contributed by atoms with Gasteiger partial charge in [-0.2, -0.15) is 11.3 Å². The molecule has 1 aliphatic rings. The van der Waals surface area contributed by atoms with Crippen LogP contribution in [0.25, 0.3) is 0 Å². The lowest BCUT2D eigenvalue weighted by molar-refractivity contribution is -0.132. The highest BCUT2D eigenvalue weighted by Crippen LogP contribution is 2.17. The Labute approximate surface area is 106 Å². The second kappa shape index (κ2) is 6.17. The number of hydrogen-bond acceptors (Lipinski definition) is 3. The maximum atomic E-state index is 12.0. The van der Waals surface area contributed by atoms with Gasteiger partial charge in [0.1, 0.15) is 0 Å². The Kier molecular flexibility index (Phi) is 4.57. The Balaban J connectivity index is 1.73. The van der Waals surface area contributed by atoms with Gasteiger partial charge in [-0.3, -0.25) is 4.79 Å². The maximum Gasteiger partial charge on any atom is 0.222 e. The van der Waals surface area contributed by atoms with E-state index in [4.69, 9.17) is 5.11 Å². The van der Waals surface area contributed by atoms with Crippen molar-refractivity contribution in [3.8, 4) is 0 Å². The van der Waals surface area contributed by atoms with Gasteiger partial charge in [0, 0.05) is 26.1 Å². The predicted octanol–water partition coefficient (Wildman–Crippen LogP) is 1.91. The zero-order chi connectivity index (χ0) is 12.1. The topological polar surface area (TPSA) is 40.5 Å². The van der Waals surface area contributed by atoms with Gasteiger partial charge in [0.2, 0.25) is 5.91 Å². The molecule has 4 heteroatoms. The standard InChI is InChI=1S/C13H19NO2S/c15-9-11-3-6-14(7-4-11)13(16)2-1-12-5-8-17-10-12/h5,8,10-11,15H,1-4,6-7,9H2. The molecule has 2 rings (SSSR count). The molecule has 0 aliphatic carbocycles. The van der Waals surface area contributed by atoms with Crippen LogP contribution in [0.2, 0.25) is 0 Å². The summed E-state index contributed by atoms with van der Waals surface area (Å²) in [5, 5.41) is 13.2. The minimum absolute atomic E-state index is 0.257. The highest BCUT2D eigenvalue weighted by molar-refractivity contribution is 7.07. The second-order valence-electron chi connectivity index (χ2n) is 4.64. The van der Waals surface area contributed by atoms with E-state index in [2.05, 4.69) is 11.4 Å². The molecule has 1 aromatic rings. The molecular weight excluding hydrogens is 234 g/mol. The predicted molar refractivity (Wildman–Crippen MR) is 69.0 cm³/mol. The summed E-state index contributed by atoms with van der Waals surface area (Å²) in [6.07, 6.45) is 3.35. The Morgan fingerprint density at radius 3 is 2.82 bits per heavy atom. The molecule has 1 amide bonds. The smallest absolute Gasteiger partial charge is 0.222 e. The van der Waals surface area contributed by atoms with E-state index < -0.39 is 0 Å². The molecule has 1 aliphatic heterocycles. The van der Waals surface area contributed by atoms with Crippen molar-refractivity contribution in [3.63, 3.8) is 0 Å². The summed E-state index contributed by atoms with van der Waals surface area (Å²) in [6, 6.07) is 2.08. The van der Waals surface area contributed by atoms with Crippen LogP contribution in [0.15, 0.2) is 16.8 Å². The van der Waals surface area contributed by atoms with Crippen molar-refractivity contribution in [2.75, 3.05) is 19.7 Å². The maximum absolute atomic E-state index is 12.0. The van der Waals surface area contributed by atoms with Crippen molar-refractivity contribution in [2.45, 2.75) is 25.7 Å². The van der Waals surface area contributed by atoms with Crippen LogP contribution in [0.3, 0.4) is 0 Å². The number of aliphatic hydroxyl groups excluding tert-OH is 1. The summed E-state index contributed by atoms with van der Waals surface area (Å²) >= 11 is 1.68. The fourth-order valence-electron chi connectivity index (χ4n) is 2.21. The van der Waals surface area contributed by atoms with Gasteiger partial charge in [0.05, 0.1) is 0 Å². The van der Waals surface area contributed by atoms with Gasteiger partial charge < -0.3 is 10.0 Å². The Morgan fingerprint density at radius 1 is 1.47 bits per heavy atom. The molecule has 17 heavy (non-hydrogen) atoms. The number of carbonyl (C=O) groups is 1. The van der Waals surface area contributed by atoms with Gasteiger partial charge in [-0.05, 0) is 47.6 Å². The first-order chi connectivity index (χ1) is 8.29. The van der Waals surface area contributed by atoms with Crippen molar-refractivity contribution in [3.05, 3.63) is 22.4 Å². The molecule has 1 saturated heterocycles. The molecule has 0 aromatic carbocycles. The van der Waals surface area contributed by atoms with Crippen molar-refractivity contribution in [1.29, 1.82) is 0 Å². The van der Waals surface area contributed by atoms with Crippen LogP contribution < -0.4 is 0 Å². The van der Waals surface area contributed by atoms with Crippen molar-refractivity contribution >= 4 is 17.2 Å². The first-order valence-corrected chi connectivity index (χ1v) is 7.13. The molecule has 0 saturated carbocycles. The minimum atomic E-state index is 0.257. The number of hydrogen-bond donors (Lipinski definition) is 1. The number of amides is 1. The average Bonchev–Trinajstić information content (AvgIpc) is 2.89. The molecular formula is C13H19NO2S. The van der Waals surface area contributed by atoms with E-state index in [0.717, 1.165) is 32.4 Å². The van der Waals surface area contributed by atoms with Crippen molar-refractivity contribution in [1.82, 2.24) is 4.90 Å². The molecule has 94 valence electrons. The Hall–Kier alpha value is -0.870. The zero-order valence-corrected chi connectivity index (χ0v) is 10.8. The van der Waals surface area contributed by atoms with Gasteiger partial charge in [-0.25, -0.2) is 0 Å².